The number of pyridine rings is 1. The minimum Gasteiger partial charge on any atom is -0.323 e. The van der Waals surface area contributed by atoms with Gasteiger partial charge in [-0.3, -0.25) is 4.98 Å². The molecule has 4 heteroatoms. The first-order valence-corrected chi connectivity index (χ1v) is 6.74. The number of nitrogens with zero attached hydrogens (tertiary/aromatic N) is 2. The fourth-order valence-corrected chi connectivity index (χ4v) is 3.50. The monoisotopic (exact) mass is 245 g/mol. The third kappa shape index (κ3) is 1.87. The summed E-state index contributed by atoms with van der Waals surface area (Å²) in [5, 5.41) is 1.02. The first-order valence-electron chi connectivity index (χ1n) is 5.93. The summed E-state index contributed by atoms with van der Waals surface area (Å²) in [4.78, 5) is 10.5. The van der Waals surface area contributed by atoms with Gasteiger partial charge in [0.15, 0.2) is 0 Å². The molecule has 0 fully saturated rings. The molecule has 3 rings (SSSR count). The summed E-state index contributed by atoms with van der Waals surface area (Å²) in [7, 11) is 0. The van der Waals surface area contributed by atoms with Gasteiger partial charge in [-0.1, -0.05) is 6.07 Å². The Labute approximate surface area is 105 Å². The van der Waals surface area contributed by atoms with Crippen LogP contribution < -0.4 is 5.73 Å². The van der Waals surface area contributed by atoms with E-state index in [1.807, 2.05) is 12.3 Å². The van der Waals surface area contributed by atoms with Gasteiger partial charge in [0.25, 0.3) is 0 Å². The molecular weight excluding hydrogens is 230 g/mol. The third-order valence-electron chi connectivity index (χ3n) is 3.21. The summed E-state index contributed by atoms with van der Waals surface area (Å²) < 4.78 is 0. The molecule has 2 N–H and O–H groups in total. The summed E-state index contributed by atoms with van der Waals surface area (Å²) >= 11 is 1.75. The minimum absolute atomic E-state index is 0.118. The van der Waals surface area contributed by atoms with Crippen LogP contribution in [0.15, 0.2) is 18.3 Å². The van der Waals surface area contributed by atoms with Gasteiger partial charge in [-0.2, -0.15) is 0 Å². The smallest absolute Gasteiger partial charge is 0.142 e. The highest BCUT2D eigenvalue weighted by molar-refractivity contribution is 7.15. The van der Waals surface area contributed by atoms with Gasteiger partial charge in [0, 0.05) is 17.1 Å². The van der Waals surface area contributed by atoms with Crippen LogP contribution in [0.5, 0.6) is 0 Å². The zero-order valence-corrected chi connectivity index (χ0v) is 10.6. The molecule has 0 saturated carbocycles. The van der Waals surface area contributed by atoms with Crippen LogP contribution in [0.4, 0.5) is 0 Å². The fourth-order valence-electron chi connectivity index (χ4n) is 2.26. The van der Waals surface area contributed by atoms with Gasteiger partial charge in [0.2, 0.25) is 0 Å². The molecule has 0 radical (unpaired) electrons. The number of aromatic nitrogens is 2. The maximum atomic E-state index is 6.10. The highest BCUT2D eigenvalue weighted by atomic mass is 32.1. The summed E-state index contributed by atoms with van der Waals surface area (Å²) in [6.45, 7) is 2.07. The van der Waals surface area contributed by atoms with Crippen molar-refractivity contribution in [2.24, 2.45) is 5.73 Å². The molecule has 3 nitrogen and oxygen atoms in total. The van der Waals surface area contributed by atoms with Crippen molar-refractivity contribution in [3.05, 3.63) is 34.5 Å². The Hall–Kier alpha value is -1.26. The molecule has 1 atom stereocenters. The number of hydrogen-bond acceptors (Lipinski definition) is 4. The second kappa shape index (κ2) is 4.20. The van der Waals surface area contributed by atoms with Gasteiger partial charge in [-0.15, -0.1) is 11.3 Å². The van der Waals surface area contributed by atoms with Gasteiger partial charge in [-0.25, -0.2) is 4.98 Å². The fraction of sp³-hybridized carbons (Fsp3) is 0.385. The SMILES string of the molecule is Cc1cccnc1-c1nc2c(s1)CCCC2N. The zero-order valence-electron chi connectivity index (χ0n) is 9.81. The Morgan fingerprint density at radius 1 is 1.47 bits per heavy atom. The van der Waals surface area contributed by atoms with Crippen molar-refractivity contribution in [1.82, 2.24) is 9.97 Å². The molecule has 17 heavy (non-hydrogen) atoms. The van der Waals surface area contributed by atoms with E-state index in [1.54, 1.807) is 11.3 Å². The lowest BCUT2D eigenvalue weighted by Gasteiger charge is -2.15. The Morgan fingerprint density at radius 3 is 3.12 bits per heavy atom. The van der Waals surface area contributed by atoms with Crippen LogP contribution in [0.1, 0.15) is 35.0 Å². The van der Waals surface area contributed by atoms with Crippen LogP contribution in [0.2, 0.25) is 0 Å². The van der Waals surface area contributed by atoms with Crippen LogP contribution in [0.3, 0.4) is 0 Å². The van der Waals surface area contributed by atoms with E-state index in [1.165, 1.54) is 16.9 Å². The summed E-state index contributed by atoms with van der Waals surface area (Å²) in [6.07, 6.45) is 5.17. The Balaban J connectivity index is 2.08. The topological polar surface area (TPSA) is 51.8 Å². The molecule has 2 aromatic rings. The molecule has 0 aromatic carbocycles. The van der Waals surface area contributed by atoms with E-state index in [4.69, 9.17) is 10.7 Å². The second-order valence-corrected chi connectivity index (χ2v) is 5.58. The van der Waals surface area contributed by atoms with Crippen molar-refractivity contribution in [3.63, 3.8) is 0 Å². The number of fused-ring (bicyclic) bond motifs is 1. The Morgan fingerprint density at radius 2 is 2.35 bits per heavy atom. The number of rotatable bonds is 1. The molecule has 0 bridgehead atoms. The van der Waals surface area contributed by atoms with E-state index in [0.717, 1.165) is 29.2 Å². The van der Waals surface area contributed by atoms with Gasteiger partial charge in [-0.05, 0) is 37.8 Å². The van der Waals surface area contributed by atoms with Crippen molar-refractivity contribution in [2.75, 3.05) is 0 Å². The Bertz CT molecular complexity index is 547. The normalized spacial score (nSPS) is 19.1. The maximum Gasteiger partial charge on any atom is 0.142 e. The van der Waals surface area contributed by atoms with Crippen LogP contribution in [-0.4, -0.2) is 9.97 Å². The van der Waals surface area contributed by atoms with Crippen LogP contribution in [-0.2, 0) is 6.42 Å². The van der Waals surface area contributed by atoms with Crippen LogP contribution >= 0.6 is 11.3 Å². The average molecular weight is 245 g/mol. The highest BCUT2D eigenvalue weighted by Gasteiger charge is 2.22. The predicted octanol–water partition coefficient (Wildman–Crippen LogP) is 2.85. The van der Waals surface area contributed by atoms with Crippen molar-refractivity contribution >= 4 is 11.3 Å². The lowest BCUT2D eigenvalue weighted by molar-refractivity contribution is 0.564. The molecule has 1 aliphatic rings. The highest BCUT2D eigenvalue weighted by Crippen LogP contribution is 2.36. The van der Waals surface area contributed by atoms with Crippen molar-refractivity contribution in [3.8, 4) is 10.7 Å². The van der Waals surface area contributed by atoms with Gasteiger partial charge in [0.1, 0.15) is 10.7 Å². The van der Waals surface area contributed by atoms with Crippen molar-refractivity contribution in [1.29, 1.82) is 0 Å². The molecule has 2 heterocycles. The van der Waals surface area contributed by atoms with E-state index < -0.39 is 0 Å². The molecule has 0 amide bonds. The van der Waals surface area contributed by atoms with E-state index in [0.29, 0.717) is 0 Å². The number of aryl methyl sites for hydroxylation is 2. The average Bonchev–Trinajstić information content (AvgIpc) is 2.75. The van der Waals surface area contributed by atoms with Gasteiger partial charge >= 0.3 is 0 Å². The van der Waals surface area contributed by atoms with E-state index in [2.05, 4.69) is 18.0 Å². The molecule has 0 aliphatic heterocycles. The predicted molar refractivity (Wildman–Crippen MR) is 69.9 cm³/mol. The van der Waals surface area contributed by atoms with Crippen LogP contribution in [0, 0.1) is 6.92 Å². The quantitative estimate of drug-likeness (QED) is 0.840. The molecule has 1 unspecified atom stereocenters. The first kappa shape index (κ1) is 10.9. The lowest BCUT2D eigenvalue weighted by Crippen LogP contribution is -2.16. The van der Waals surface area contributed by atoms with E-state index in [9.17, 15) is 0 Å². The standard InChI is InChI=1S/C13H15N3S/c1-8-4-3-7-15-11(8)13-16-12-9(14)5-2-6-10(12)17-13/h3-4,7,9H,2,5-6,14H2,1H3. The second-order valence-electron chi connectivity index (χ2n) is 4.50. The maximum absolute atomic E-state index is 6.10. The minimum atomic E-state index is 0.118. The van der Waals surface area contributed by atoms with Gasteiger partial charge < -0.3 is 5.73 Å². The molecule has 0 saturated heterocycles. The summed E-state index contributed by atoms with van der Waals surface area (Å²) in [5.74, 6) is 0. The van der Waals surface area contributed by atoms with E-state index in [-0.39, 0.29) is 6.04 Å². The van der Waals surface area contributed by atoms with Crippen molar-refractivity contribution in [2.45, 2.75) is 32.2 Å². The largest absolute Gasteiger partial charge is 0.323 e. The van der Waals surface area contributed by atoms with Crippen molar-refractivity contribution < 1.29 is 0 Å². The zero-order chi connectivity index (χ0) is 11.8. The number of hydrogen-bond donors (Lipinski definition) is 1. The summed E-state index contributed by atoms with van der Waals surface area (Å²) in [6, 6.07) is 4.15. The Kier molecular flexibility index (Phi) is 2.68. The molecule has 88 valence electrons. The molecule has 1 aliphatic carbocycles. The first-order chi connectivity index (χ1) is 8.25. The molecular formula is C13H15N3S. The van der Waals surface area contributed by atoms with Crippen LogP contribution in [0.25, 0.3) is 10.7 Å². The summed E-state index contributed by atoms with van der Waals surface area (Å²) in [5.41, 5.74) is 9.37. The number of thiazole rings is 1. The molecule has 0 spiro atoms. The molecule has 2 aromatic heterocycles. The van der Waals surface area contributed by atoms with Gasteiger partial charge in [0.05, 0.1) is 5.69 Å². The number of nitrogens with two attached hydrogens (primary N) is 1. The lowest BCUT2D eigenvalue weighted by atomic mass is 9.99. The van der Waals surface area contributed by atoms with E-state index >= 15 is 0 Å². The third-order valence-corrected chi connectivity index (χ3v) is 4.35.